The Hall–Kier alpha value is -1.59. The van der Waals surface area contributed by atoms with Crippen molar-refractivity contribution >= 4 is 5.96 Å². The van der Waals surface area contributed by atoms with Crippen LogP contribution in [0.1, 0.15) is 31.9 Å². The first-order chi connectivity index (χ1) is 11.0. The number of ether oxygens (including phenoxy) is 1. The average Bonchev–Trinajstić information content (AvgIpc) is 2.51. The van der Waals surface area contributed by atoms with Crippen LogP contribution in [0.25, 0.3) is 0 Å². The summed E-state index contributed by atoms with van der Waals surface area (Å²) in [5, 5.41) is 3.14. The van der Waals surface area contributed by atoms with Crippen LogP contribution in [0.2, 0.25) is 0 Å². The SMILES string of the molecule is CC(C)CNC(N)=NCc1cccc(CN2CCOC(C)C2)c1. The Morgan fingerprint density at radius 2 is 2.22 bits per heavy atom. The van der Waals surface area contributed by atoms with Gasteiger partial charge in [-0.1, -0.05) is 38.1 Å². The number of hydrogen-bond acceptors (Lipinski definition) is 3. The van der Waals surface area contributed by atoms with Gasteiger partial charge in [0, 0.05) is 26.2 Å². The molecule has 1 aliphatic heterocycles. The molecule has 0 amide bonds. The molecule has 1 heterocycles. The highest BCUT2D eigenvalue weighted by Crippen LogP contribution is 2.12. The zero-order valence-electron chi connectivity index (χ0n) is 14.6. The van der Waals surface area contributed by atoms with E-state index in [1.54, 1.807) is 0 Å². The summed E-state index contributed by atoms with van der Waals surface area (Å²) in [5.41, 5.74) is 8.40. The van der Waals surface area contributed by atoms with Crippen LogP contribution < -0.4 is 11.1 Å². The van der Waals surface area contributed by atoms with Gasteiger partial charge < -0.3 is 15.8 Å². The van der Waals surface area contributed by atoms with Crippen LogP contribution in [0.5, 0.6) is 0 Å². The number of benzene rings is 1. The Morgan fingerprint density at radius 3 is 2.96 bits per heavy atom. The predicted octanol–water partition coefficient (Wildman–Crippen LogP) is 1.97. The lowest BCUT2D eigenvalue weighted by molar-refractivity contribution is -0.0212. The molecule has 23 heavy (non-hydrogen) atoms. The number of aliphatic imine (C=N–C) groups is 1. The van der Waals surface area contributed by atoms with Gasteiger partial charge >= 0.3 is 0 Å². The molecule has 1 atom stereocenters. The van der Waals surface area contributed by atoms with Gasteiger partial charge in [-0.05, 0) is 24.0 Å². The second kappa shape index (κ2) is 8.89. The lowest BCUT2D eigenvalue weighted by atomic mass is 10.1. The number of guanidine groups is 1. The third kappa shape index (κ3) is 6.59. The largest absolute Gasteiger partial charge is 0.376 e. The van der Waals surface area contributed by atoms with E-state index >= 15 is 0 Å². The molecule has 0 saturated carbocycles. The molecule has 0 spiro atoms. The summed E-state index contributed by atoms with van der Waals surface area (Å²) in [5.74, 6) is 1.08. The lowest BCUT2D eigenvalue weighted by Crippen LogP contribution is -2.40. The van der Waals surface area contributed by atoms with Gasteiger partial charge in [-0.25, -0.2) is 4.99 Å². The predicted molar refractivity (Wildman–Crippen MR) is 95.3 cm³/mol. The summed E-state index contributed by atoms with van der Waals surface area (Å²) >= 11 is 0. The molecule has 1 unspecified atom stereocenters. The van der Waals surface area contributed by atoms with Gasteiger partial charge in [-0.3, -0.25) is 4.90 Å². The molecule has 1 aromatic rings. The van der Waals surface area contributed by atoms with Crippen molar-refractivity contribution in [3.05, 3.63) is 35.4 Å². The molecule has 128 valence electrons. The van der Waals surface area contributed by atoms with Crippen LogP contribution in [0.15, 0.2) is 29.3 Å². The first kappa shape index (κ1) is 17.8. The number of hydrogen-bond donors (Lipinski definition) is 2. The Balaban J connectivity index is 1.87. The number of nitrogens with one attached hydrogen (secondary N) is 1. The molecule has 1 fully saturated rings. The second-order valence-electron chi connectivity index (χ2n) is 6.71. The molecule has 0 bridgehead atoms. The molecule has 3 N–H and O–H groups in total. The molecule has 1 saturated heterocycles. The maximum absolute atomic E-state index is 5.89. The number of morpholine rings is 1. The summed E-state index contributed by atoms with van der Waals surface area (Å²) in [7, 11) is 0. The molecule has 0 radical (unpaired) electrons. The van der Waals surface area contributed by atoms with Crippen molar-refractivity contribution in [1.82, 2.24) is 10.2 Å². The topological polar surface area (TPSA) is 62.9 Å². The Labute approximate surface area is 139 Å². The van der Waals surface area contributed by atoms with Crippen molar-refractivity contribution < 1.29 is 4.74 Å². The van der Waals surface area contributed by atoms with Crippen LogP contribution in [0.3, 0.4) is 0 Å². The molecule has 2 rings (SSSR count). The molecular weight excluding hydrogens is 288 g/mol. The van der Waals surface area contributed by atoms with E-state index in [-0.39, 0.29) is 0 Å². The molecule has 1 aromatic carbocycles. The summed E-state index contributed by atoms with van der Waals surface area (Å²) in [6, 6.07) is 8.60. The Morgan fingerprint density at radius 1 is 1.43 bits per heavy atom. The minimum absolute atomic E-state index is 0.323. The average molecular weight is 318 g/mol. The fraction of sp³-hybridized carbons (Fsp3) is 0.611. The van der Waals surface area contributed by atoms with Crippen molar-refractivity contribution in [1.29, 1.82) is 0 Å². The normalized spacial score (nSPS) is 20.0. The van der Waals surface area contributed by atoms with E-state index in [0.29, 0.717) is 24.5 Å². The van der Waals surface area contributed by atoms with Gasteiger partial charge in [0.25, 0.3) is 0 Å². The van der Waals surface area contributed by atoms with Crippen LogP contribution in [0, 0.1) is 5.92 Å². The summed E-state index contributed by atoms with van der Waals surface area (Å²) in [4.78, 5) is 6.86. The van der Waals surface area contributed by atoms with Gasteiger partial charge in [-0.15, -0.1) is 0 Å². The van der Waals surface area contributed by atoms with Crippen LogP contribution >= 0.6 is 0 Å². The molecular formula is C18H30N4O. The highest BCUT2D eigenvalue weighted by atomic mass is 16.5. The van der Waals surface area contributed by atoms with E-state index in [2.05, 4.69) is 60.2 Å². The molecule has 0 aliphatic carbocycles. The van der Waals surface area contributed by atoms with E-state index in [4.69, 9.17) is 10.5 Å². The highest BCUT2D eigenvalue weighted by molar-refractivity contribution is 5.77. The zero-order chi connectivity index (χ0) is 16.7. The standard InChI is InChI=1S/C18H30N4O/c1-14(2)10-20-18(19)21-11-16-5-4-6-17(9-16)13-22-7-8-23-15(3)12-22/h4-6,9,14-15H,7-8,10-13H2,1-3H3,(H3,19,20,21). The number of nitrogens with zero attached hydrogens (tertiary/aromatic N) is 2. The van der Waals surface area contributed by atoms with Crippen molar-refractivity contribution in [2.24, 2.45) is 16.6 Å². The van der Waals surface area contributed by atoms with E-state index in [0.717, 1.165) is 32.8 Å². The van der Waals surface area contributed by atoms with Crippen LogP contribution in [-0.2, 0) is 17.8 Å². The van der Waals surface area contributed by atoms with Crippen LogP contribution in [-0.4, -0.2) is 43.2 Å². The minimum atomic E-state index is 0.323. The minimum Gasteiger partial charge on any atom is -0.376 e. The Bertz CT molecular complexity index is 515. The smallest absolute Gasteiger partial charge is 0.188 e. The fourth-order valence-corrected chi connectivity index (χ4v) is 2.66. The third-order valence-electron chi connectivity index (χ3n) is 3.85. The molecule has 0 aromatic heterocycles. The van der Waals surface area contributed by atoms with E-state index < -0.39 is 0 Å². The van der Waals surface area contributed by atoms with E-state index in [1.165, 1.54) is 11.1 Å². The third-order valence-corrected chi connectivity index (χ3v) is 3.85. The maximum Gasteiger partial charge on any atom is 0.188 e. The van der Waals surface area contributed by atoms with Gasteiger partial charge in [-0.2, -0.15) is 0 Å². The van der Waals surface area contributed by atoms with Crippen molar-refractivity contribution in [2.45, 2.75) is 40.0 Å². The summed E-state index contributed by atoms with van der Waals surface area (Å²) < 4.78 is 5.59. The molecule has 1 aliphatic rings. The van der Waals surface area contributed by atoms with Gasteiger partial charge in [0.2, 0.25) is 0 Å². The monoisotopic (exact) mass is 318 g/mol. The fourth-order valence-electron chi connectivity index (χ4n) is 2.66. The number of rotatable bonds is 6. The molecule has 5 nitrogen and oxygen atoms in total. The van der Waals surface area contributed by atoms with Gasteiger partial charge in [0.05, 0.1) is 19.3 Å². The van der Waals surface area contributed by atoms with Crippen molar-refractivity contribution in [2.75, 3.05) is 26.2 Å². The first-order valence-corrected chi connectivity index (χ1v) is 8.48. The van der Waals surface area contributed by atoms with Crippen LogP contribution in [0.4, 0.5) is 0 Å². The number of nitrogens with two attached hydrogens (primary N) is 1. The van der Waals surface area contributed by atoms with Gasteiger partial charge in [0.1, 0.15) is 0 Å². The lowest BCUT2D eigenvalue weighted by Gasteiger charge is -2.31. The molecule has 5 heteroatoms. The van der Waals surface area contributed by atoms with Crippen molar-refractivity contribution in [3.63, 3.8) is 0 Å². The van der Waals surface area contributed by atoms with E-state index in [1.807, 2.05) is 0 Å². The Kier molecular flexibility index (Phi) is 6.86. The van der Waals surface area contributed by atoms with Crippen molar-refractivity contribution in [3.8, 4) is 0 Å². The second-order valence-corrected chi connectivity index (χ2v) is 6.71. The summed E-state index contributed by atoms with van der Waals surface area (Å²) in [6.45, 7) is 11.7. The summed E-state index contributed by atoms with van der Waals surface area (Å²) in [6.07, 6.45) is 0.323. The maximum atomic E-state index is 5.89. The van der Waals surface area contributed by atoms with Gasteiger partial charge in [0.15, 0.2) is 5.96 Å². The highest BCUT2D eigenvalue weighted by Gasteiger charge is 2.16. The quantitative estimate of drug-likeness (QED) is 0.622. The van der Waals surface area contributed by atoms with E-state index in [9.17, 15) is 0 Å². The first-order valence-electron chi connectivity index (χ1n) is 8.48. The zero-order valence-corrected chi connectivity index (χ0v) is 14.6.